The van der Waals surface area contributed by atoms with E-state index in [4.69, 9.17) is 16.6 Å². The molecule has 1 aromatic carbocycles. The van der Waals surface area contributed by atoms with Gasteiger partial charge in [-0.25, -0.2) is 4.79 Å². The Morgan fingerprint density at radius 3 is 2.30 bits per heavy atom. The van der Waals surface area contributed by atoms with Crippen LogP contribution in [-0.4, -0.2) is 35.0 Å². The third-order valence-corrected chi connectivity index (χ3v) is 2.66. The van der Waals surface area contributed by atoms with Crippen LogP contribution in [0.2, 0.25) is 0 Å². The molecule has 6 N–H and O–H groups in total. The Kier molecular flexibility index (Phi) is 5.67. The lowest BCUT2D eigenvalue weighted by atomic mass is 10.1. The molecule has 1 rings (SSSR count). The Bertz CT molecular complexity index is 490. The number of nitrogens with one attached hydrogen (secondary N) is 1. The van der Waals surface area contributed by atoms with E-state index in [1.165, 1.54) is 0 Å². The molecule has 0 heterocycles. The third-order valence-electron chi connectivity index (χ3n) is 2.66. The fourth-order valence-corrected chi connectivity index (χ4v) is 1.64. The van der Waals surface area contributed by atoms with Gasteiger partial charge >= 0.3 is 5.97 Å². The van der Waals surface area contributed by atoms with Crippen molar-refractivity contribution in [2.45, 2.75) is 24.9 Å². The summed E-state index contributed by atoms with van der Waals surface area (Å²) in [5, 5.41) is 11.1. The van der Waals surface area contributed by atoms with Crippen molar-refractivity contribution in [2.24, 2.45) is 11.5 Å². The van der Waals surface area contributed by atoms with Crippen LogP contribution in [0.5, 0.6) is 0 Å². The molecule has 2 atom stereocenters. The lowest BCUT2D eigenvalue weighted by molar-refractivity contribution is -0.143. The Labute approximate surface area is 115 Å². The summed E-state index contributed by atoms with van der Waals surface area (Å²) in [6, 6.07) is 6.83. The van der Waals surface area contributed by atoms with E-state index in [1.54, 1.807) is 0 Å². The highest BCUT2D eigenvalue weighted by Crippen LogP contribution is 2.02. The first-order chi connectivity index (χ1) is 9.40. The second-order valence-corrected chi connectivity index (χ2v) is 4.37. The van der Waals surface area contributed by atoms with Gasteiger partial charge < -0.3 is 21.9 Å². The fourth-order valence-electron chi connectivity index (χ4n) is 1.64. The summed E-state index contributed by atoms with van der Waals surface area (Å²) in [7, 11) is 0. The maximum absolute atomic E-state index is 11.8. The van der Waals surface area contributed by atoms with E-state index >= 15 is 0 Å². The number of carbonyl (C=O) groups is 3. The molecule has 20 heavy (non-hydrogen) atoms. The first-order valence-corrected chi connectivity index (χ1v) is 6.01. The van der Waals surface area contributed by atoms with Gasteiger partial charge in [0.25, 0.3) is 0 Å². The number of hydrogen-bond acceptors (Lipinski definition) is 4. The fraction of sp³-hybridized carbons (Fsp3) is 0.308. The van der Waals surface area contributed by atoms with E-state index in [1.807, 2.05) is 30.3 Å². The van der Waals surface area contributed by atoms with Crippen LogP contribution in [0.3, 0.4) is 0 Å². The van der Waals surface area contributed by atoms with Crippen molar-refractivity contribution in [3.63, 3.8) is 0 Å². The number of carboxylic acids is 1. The quantitative estimate of drug-likeness (QED) is 0.507. The van der Waals surface area contributed by atoms with E-state index in [0.717, 1.165) is 5.56 Å². The topological polar surface area (TPSA) is 136 Å². The molecule has 0 aliphatic heterocycles. The molecular weight excluding hydrogens is 262 g/mol. The van der Waals surface area contributed by atoms with Gasteiger partial charge in [-0.2, -0.15) is 0 Å². The van der Waals surface area contributed by atoms with Gasteiger partial charge in [-0.05, 0) is 12.0 Å². The predicted octanol–water partition coefficient (Wildman–Crippen LogP) is -0.999. The number of hydrogen-bond donors (Lipinski definition) is 4. The van der Waals surface area contributed by atoms with Crippen molar-refractivity contribution in [2.75, 3.05) is 0 Å². The minimum Gasteiger partial charge on any atom is -0.480 e. The highest BCUT2D eigenvalue weighted by molar-refractivity contribution is 5.90. The van der Waals surface area contributed by atoms with Crippen LogP contribution in [0, 0.1) is 0 Å². The molecule has 108 valence electrons. The van der Waals surface area contributed by atoms with Crippen molar-refractivity contribution in [1.82, 2.24) is 5.32 Å². The van der Waals surface area contributed by atoms with Crippen molar-refractivity contribution >= 4 is 17.8 Å². The van der Waals surface area contributed by atoms with Gasteiger partial charge in [-0.1, -0.05) is 30.3 Å². The molecule has 0 radical (unpaired) electrons. The molecule has 0 saturated carbocycles. The van der Waals surface area contributed by atoms with E-state index < -0.39 is 36.3 Å². The predicted molar refractivity (Wildman–Crippen MR) is 71.5 cm³/mol. The highest BCUT2D eigenvalue weighted by Gasteiger charge is 2.24. The van der Waals surface area contributed by atoms with Crippen LogP contribution in [0.15, 0.2) is 30.3 Å². The smallest absolute Gasteiger partial charge is 0.326 e. The zero-order chi connectivity index (χ0) is 15.1. The molecule has 7 nitrogen and oxygen atoms in total. The van der Waals surface area contributed by atoms with Crippen molar-refractivity contribution in [3.05, 3.63) is 35.9 Å². The van der Waals surface area contributed by atoms with Crippen LogP contribution < -0.4 is 16.8 Å². The third kappa shape index (κ3) is 5.07. The summed E-state index contributed by atoms with van der Waals surface area (Å²) in [5.41, 5.74) is 11.5. The van der Waals surface area contributed by atoms with Gasteiger partial charge in [0.05, 0.1) is 12.5 Å². The van der Waals surface area contributed by atoms with Crippen molar-refractivity contribution in [1.29, 1.82) is 0 Å². The van der Waals surface area contributed by atoms with E-state index in [2.05, 4.69) is 5.32 Å². The normalized spacial score (nSPS) is 13.2. The molecule has 0 saturated heterocycles. The summed E-state index contributed by atoms with van der Waals surface area (Å²) < 4.78 is 0. The number of benzene rings is 1. The van der Waals surface area contributed by atoms with Crippen LogP contribution in [0.25, 0.3) is 0 Å². The maximum Gasteiger partial charge on any atom is 0.326 e. The minimum atomic E-state index is -1.36. The Morgan fingerprint density at radius 2 is 1.80 bits per heavy atom. The lowest BCUT2D eigenvalue weighted by Crippen LogP contribution is -2.50. The van der Waals surface area contributed by atoms with Crippen molar-refractivity contribution < 1.29 is 19.5 Å². The van der Waals surface area contributed by atoms with Gasteiger partial charge in [0, 0.05) is 0 Å². The first-order valence-electron chi connectivity index (χ1n) is 6.01. The van der Waals surface area contributed by atoms with Crippen molar-refractivity contribution in [3.8, 4) is 0 Å². The average molecular weight is 279 g/mol. The van der Waals surface area contributed by atoms with Gasteiger partial charge in [-0.15, -0.1) is 0 Å². The molecule has 0 aliphatic carbocycles. The summed E-state index contributed by atoms with van der Waals surface area (Å²) in [5.74, 6) is -2.78. The number of rotatable bonds is 7. The molecule has 0 aliphatic rings. The number of carboxylic acid groups (broad SMARTS) is 1. The van der Waals surface area contributed by atoms with Gasteiger partial charge in [0.2, 0.25) is 11.8 Å². The molecular formula is C13H17N3O4. The maximum atomic E-state index is 11.8. The monoisotopic (exact) mass is 279 g/mol. The molecule has 2 amide bonds. The molecule has 0 fully saturated rings. The standard InChI is InChI=1S/C13H17N3O4/c14-9(6-8-4-2-1-3-5-8)12(18)16-10(13(19)20)7-11(15)17/h1-5,9-10H,6-7,14H2,(H2,15,17)(H,16,18)(H,19,20)/t9-,10-/m0/s1. The zero-order valence-corrected chi connectivity index (χ0v) is 10.8. The van der Waals surface area contributed by atoms with Crippen LogP contribution >= 0.6 is 0 Å². The highest BCUT2D eigenvalue weighted by atomic mass is 16.4. The minimum absolute atomic E-state index is 0.273. The first kappa shape index (κ1) is 15.6. The number of aliphatic carboxylic acids is 1. The van der Waals surface area contributed by atoms with Crippen LogP contribution in [0.4, 0.5) is 0 Å². The summed E-state index contributed by atoms with van der Waals surface area (Å²) in [6.45, 7) is 0. The van der Waals surface area contributed by atoms with Crippen LogP contribution in [-0.2, 0) is 20.8 Å². The Morgan fingerprint density at radius 1 is 1.20 bits per heavy atom. The van der Waals surface area contributed by atoms with Gasteiger partial charge in [0.15, 0.2) is 0 Å². The summed E-state index contributed by atoms with van der Waals surface area (Å²) in [4.78, 5) is 33.4. The molecule has 0 unspecified atom stereocenters. The molecule has 0 spiro atoms. The van der Waals surface area contributed by atoms with Crippen LogP contribution in [0.1, 0.15) is 12.0 Å². The lowest BCUT2D eigenvalue weighted by Gasteiger charge is -2.16. The Hall–Kier alpha value is -2.41. The van der Waals surface area contributed by atoms with E-state index in [9.17, 15) is 14.4 Å². The number of nitrogens with two attached hydrogens (primary N) is 2. The van der Waals surface area contributed by atoms with Gasteiger partial charge in [-0.3, -0.25) is 9.59 Å². The molecule has 1 aromatic rings. The average Bonchev–Trinajstić information content (AvgIpc) is 2.38. The number of primary amides is 1. The second-order valence-electron chi connectivity index (χ2n) is 4.37. The molecule has 7 heteroatoms. The van der Waals surface area contributed by atoms with E-state index in [-0.39, 0.29) is 6.42 Å². The summed E-state index contributed by atoms with van der Waals surface area (Å²) >= 11 is 0. The SMILES string of the molecule is NC(=O)C[C@H](NC(=O)[C@@H](N)Cc1ccccc1)C(=O)O. The number of carbonyl (C=O) groups excluding carboxylic acids is 2. The summed E-state index contributed by atoms with van der Waals surface area (Å²) in [6.07, 6.45) is -0.200. The molecule has 0 bridgehead atoms. The zero-order valence-electron chi connectivity index (χ0n) is 10.8. The van der Waals surface area contributed by atoms with E-state index in [0.29, 0.717) is 0 Å². The number of amides is 2. The second kappa shape index (κ2) is 7.25. The molecule has 0 aromatic heterocycles. The Balaban J connectivity index is 2.59. The van der Waals surface area contributed by atoms with Gasteiger partial charge in [0.1, 0.15) is 6.04 Å². The largest absolute Gasteiger partial charge is 0.480 e.